The van der Waals surface area contributed by atoms with E-state index in [0.717, 1.165) is 11.1 Å². The maximum absolute atomic E-state index is 13.2. The van der Waals surface area contributed by atoms with Gasteiger partial charge in [0.05, 0.1) is 17.1 Å². The van der Waals surface area contributed by atoms with Crippen molar-refractivity contribution in [2.45, 2.75) is 30.4 Å². The summed E-state index contributed by atoms with van der Waals surface area (Å²) in [5.41, 5.74) is 2.44. The van der Waals surface area contributed by atoms with Gasteiger partial charge in [0, 0.05) is 13.0 Å². The molecule has 2 amide bonds. The van der Waals surface area contributed by atoms with Gasteiger partial charge in [0.2, 0.25) is 15.9 Å². The highest BCUT2D eigenvalue weighted by Gasteiger charge is 2.33. The Kier molecular flexibility index (Phi) is 7.48. The van der Waals surface area contributed by atoms with Crippen molar-refractivity contribution >= 4 is 27.5 Å². The zero-order valence-corrected chi connectivity index (χ0v) is 20.1. The van der Waals surface area contributed by atoms with E-state index in [1.165, 1.54) is 19.2 Å². The van der Waals surface area contributed by atoms with Crippen LogP contribution < -0.4 is 19.7 Å². The average Bonchev–Trinajstić information content (AvgIpc) is 2.90. The van der Waals surface area contributed by atoms with Crippen LogP contribution in [0.15, 0.2) is 83.8 Å². The molecule has 182 valence electrons. The lowest BCUT2D eigenvalue weighted by molar-refractivity contribution is -0.128. The minimum Gasteiger partial charge on any atom is -0.477 e. The number of carbonyl (C=O) groups is 2. The SMILES string of the molecule is CNS(=O)(=O)c1ccc(CCC(=O)N2CC(C(=O)NCc3ccccc3)Oc3ccccc32)cc1. The van der Waals surface area contributed by atoms with E-state index in [9.17, 15) is 18.0 Å². The number of ether oxygens (including phenoxy) is 1. The molecule has 0 aromatic heterocycles. The number of amides is 2. The van der Waals surface area contributed by atoms with Crippen LogP contribution in [0.2, 0.25) is 0 Å². The number of hydrogen-bond donors (Lipinski definition) is 2. The van der Waals surface area contributed by atoms with Crippen molar-refractivity contribution in [2.24, 2.45) is 0 Å². The highest BCUT2D eigenvalue weighted by molar-refractivity contribution is 7.89. The smallest absolute Gasteiger partial charge is 0.263 e. The highest BCUT2D eigenvalue weighted by Crippen LogP contribution is 2.33. The zero-order valence-electron chi connectivity index (χ0n) is 19.3. The second kappa shape index (κ2) is 10.7. The summed E-state index contributed by atoms with van der Waals surface area (Å²) in [7, 11) is -2.15. The Morgan fingerprint density at radius 3 is 2.34 bits per heavy atom. The van der Waals surface area contributed by atoms with Crippen molar-refractivity contribution in [1.29, 1.82) is 0 Å². The summed E-state index contributed by atoms with van der Waals surface area (Å²) < 4.78 is 32.0. The first-order valence-electron chi connectivity index (χ1n) is 11.3. The summed E-state index contributed by atoms with van der Waals surface area (Å²) in [5, 5.41) is 2.88. The molecule has 2 N–H and O–H groups in total. The minimum absolute atomic E-state index is 0.107. The van der Waals surface area contributed by atoms with E-state index in [4.69, 9.17) is 4.74 Å². The van der Waals surface area contributed by atoms with Crippen LogP contribution in [0.5, 0.6) is 5.75 Å². The largest absolute Gasteiger partial charge is 0.477 e. The molecule has 0 saturated heterocycles. The Hall–Kier alpha value is -3.69. The van der Waals surface area contributed by atoms with Gasteiger partial charge in [-0.25, -0.2) is 13.1 Å². The van der Waals surface area contributed by atoms with Gasteiger partial charge in [0.25, 0.3) is 5.91 Å². The average molecular weight is 494 g/mol. The van der Waals surface area contributed by atoms with Crippen LogP contribution in [0.1, 0.15) is 17.5 Å². The molecule has 35 heavy (non-hydrogen) atoms. The molecule has 0 spiro atoms. The van der Waals surface area contributed by atoms with E-state index in [1.54, 1.807) is 35.2 Å². The number of fused-ring (bicyclic) bond motifs is 1. The third kappa shape index (κ3) is 5.87. The molecular formula is C26H27N3O5S. The first-order chi connectivity index (χ1) is 16.9. The number of hydrogen-bond acceptors (Lipinski definition) is 5. The molecule has 1 aliphatic rings. The van der Waals surface area contributed by atoms with Crippen LogP contribution >= 0.6 is 0 Å². The number of rotatable bonds is 8. The number of aryl methyl sites for hydroxylation is 1. The van der Waals surface area contributed by atoms with E-state index in [0.29, 0.717) is 24.4 Å². The van der Waals surface area contributed by atoms with Crippen LogP contribution in [-0.2, 0) is 32.6 Å². The molecule has 0 radical (unpaired) electrons. The molecule has 4 rings (SSSR count). The molecule has 0 saturated carbocycles. The van der Waals surface area contributed by atoms with Gasteiger partial charge >= 0.3 is 0 Å². The number of carbonyl (C=O) groups excluding carboxylic acids is 2. The predicted octanol–water partition coefficient (Wildman–Crippen LogP) is 2.64. The molecule has 0 bridgehead atoms. The number of benzene rings is 3. The molecule has 0 aliphatic carbocycles. The zero-order chi connectivity index (χ0) is 24.8. The fourth-order valence-electron chi connectivity index (χ4n) is 3.85. The standard InChI is InChI=1S/C26H27N3O5S/c1-27-35(32,33)21-14-11-19(12-15-21)13-16-25(30)29-18-24(34-23-10-6-5-9-22(23)29)26(31)28-17-20-7-3-2-4-8-20/h2-12,14-15,24,27H,13,16-18H2,1H3,(H,28,31). The molecule has 1 heterocycles. The lowest BCUT2D eigenvalue weighted by Crippen LogP contribution is -2.50. The first kappa shape index (κ1) is 24.4. The van der Waals surface area contributed by atoms with E-state index in [1.807, 2.05) is 36.4 Å². The Balaban J connectivity index is 1.42. The van der Waals surface area contributed by atoms with Crippen LogP contribution in [0.4, 0.5) is 5.69 Å². The molecule has 1 aliphatic heterocycles. The molecule has 9 heteroatoms. The molecular weight excluding hydrogens is 466 g/mol. The fraction of sp³-hybridized carbons (Fsp3) is 0.231. The van der Waals surface area contributed by atoms with Gasteiger partial charge in [-0.05, 0) is 48.9 Å². The van der Waals surface area contributed by atoms with Gasteiger partial charge in [-0.15, -0.1) is 0 Å². The lowest BCUT2D eigenvalue weighted by Gasteiger charge is -2.34. The summed E-state index contributed by atoms with van der Waals surface area (Å²) in [6.07, 6.45) is -0.197. The van der Waals surface area contributed by atoms with Crippen molar-refractivity contribution in [3.8, 4) is 5.75 Å². The second-order valence-electron chi connectivity index (χ2n) is 8.13. The van der Waals surface area contributed by atoms with E-state index in [-0.39, 0.29) is 29.7 Å². The molecule has 1 atom stereocenters. The minimum atomic E-state index is -3.51. The summed E-state index contributed by atoms with van der Waals surface area (Å²) in [6, 6.07) is 23.2. The van der Waals surface area contributed by atoms with Gasteiger partial charge in [-0.2, -0.15) is 0 Å². The third-order valence-electron chi connectivity index (χ3n) is 5.81. The van der Waals surface area contributed by atoms with Gasteiger partial charge in [0.15, 0.2) is 6.10 Å². The Bertz CT molecular complexity index is 1290. The first-order valence-corrected chi connectivity index (χ1v) is 12.8. The van der Waals surface area contributed by atoms with Crippen LogP contribution in [0.25, 0.3) is 0 Å². The van der Waals surface area contributed by atoms with E-state index in [2.05, 4.69) is 10.0 Å². The molecule has 8 nitrogen and oxygen atoms in total. The van der Waals surface area contributed by atoms with Gasteiger partial charge in [-0.1, -0.05) is 54.6 Å². The predicted molar refractivity (Wildman–Crippen MR) is 133 cm³/mol. The highest BCUT2D eigenvalue weighted by atomic mass is 32.2. The number of para-hydroxylation sites is 2. The number of sulfonamides is 1. The normalized spacial score (nSPS) is 15.1. The third-order valence-corrected chi connectivity index (χ3v) is 7.24. The van der Waals surface area contributed by atoms with Crippen LogP contribution in [0.3, 0.4) is 0 Å². The summed E-state index contributed by atoms with van der Waals surface area (Å²) >= 11 is 0. The topological polar surface area (TPSA) is 105 Å². The van der Waals surface area contributed by atoms with Crippen LogP contribution in [-0.4, -0.2) is 39.9 Å². The van der Waals surface area contributed by atoms with Crippen molar-refractivity contribution in [3.63, 3.8) is 0 Å². The lowest BCUT2D eigenvalue weighted by atomic mass is 10.1. The van der Waals surface area contributed by atoms with E-state index < -0.39 is 16.1 Å². The van der Waals surface area contributed by atoms with Crippen molar-refractivity contribution in [2.75, 3.05) is 18.5 Å². The molecule has 1 unspecified atom stereocenters. The van der Waals surface area contributed by atoms with Gasteiger partial charge in [0.1, 0.15) is 5.75 Å². The number of anilines is 1. The van der Waals surface area contributed by atoms with E-state index >= 15 is 0 Å². The van der Waals surface area contributed by atoms with Gasteiger partial charge in [-0.3, -0.25) is 9.59 Å². The monoisotopic (exact) mass is 493 g/mol. The van der Waals surface area contributed by atoms with Crippen molar-refractivity contribution < 1.29 is 22.7 Å². The maximum Gasteiger partial charge on any atom is 0.263 e. The Morgan fingerprint density at radius 2 is 1.63 bits per heavy atom. The molecule has 3 aromatic rings. The van der Waals surface area contributed by atoms with Crippen LogP contribution in [0, 0.1) is 0 Å². The quantitative estimate of drug-likeness (QED) is 0.502. The number of nitrogens with one attached hydrogen (secondary N) is 2. The maximum atomic E-state index is 13.2. The van der Waals surface area contributed by atoms with Crippen molar-refractivity contribution in [1.82, 2.24) is 10.0 Å². The summed E-state index contributed by atoms with van der Waals surface area (Å²) in [4.78, 5) is 27.8. The molecule has 0 fully saturated rings. The second-order valence-corrected chi connectivity index (χ2v) is 10.0. The van der Waals surface area contributed by atoms with Gasteiger partial charge < -0.3 is 15.0 Å². The fourth-order valence-corrected chi connectivity index (χ4v) is 4.58. The Labute approximate surface area is 205 Å². The molecule has 3 aromatic carbocycles. The summed E-state index contributed by atoms with van der Waals surface area (Å²) in [6.45, 7) is 0.476. The summed E-state index contributed by atoms with van der Waals surface area (Å²) in [5.74, 6) is 0.0459. The Morgan fingerprint density at radius 1 is 0.943 bits per heavy atom. The van der Waals surface area contributed by atoms with Crippen molar-refractivity contribution in [3.05, 3.63) is 90.0 Å². The number of nitrogens with zero attached hydrogens (tertiary/aromatic N) is 1.